The summed E-state index contributed by atoms with van der Waals surface area (Å²) in [6, 6.07) is 5.31. The van der Waals surface area contributed by atoms with Crippen LogP contribution in [0.1, 0.15) is 18.9 Å². The summed E-state index contributed by atoms with van der Waals surface area (Å²) in [6.07, 6.45) is 1.25. The van der Waals surface area contributed by atoms with Gasteiger partial charge in [0.15, 0.2) is 16.7 Å². The minimum Gasteiger partial charge on any atom is -0.493 e. The summed E-state index contributed by atoms with van der Waals surface area (Å²) < 4.78 is 10.7. The van der Waals surface area contributed by atoms with Crippen molar-refractivity contribution in [1.82, 2.24) is 5.32 Å². The maximum Gasteiger partial charge on any atom is 0.305 e. The number of methoxy groups -OCH3 is 1. The van der Waals surface area contributed by atoms with Gasteiger partial charge in [0.25, 0.3) is 0 Å². The van der Waals surface area contributed by atoms with Crippen molar-refractivity contribution in [1.29, 1.82) is 0 Å². The van der Waals surface area contributed by atoms with E-state index in [0.717, 1.165) is 17.3 Å². The number of benzene rings is 1. The van der Waals surface area contributed by atoms with E-state index in [2.05, 4.69) is 15.5 Å². The largest absolute Gasteiger partial charge is 0.493 e. The molecular formula is C15H17N3O5S. The molecule has 8 nitrogen and oxygen atoms in total. The minimum atomic E-state index is -1.03. The highest BCUT2D eigenvalue weighted by atomic mass is 32.2. The van der Waals surface area contributed by atoms with Gasteiger partial charge in [-0.1, -0.05) is 11.8 Å². The van der Waals surface area contributed by atoms with Crippen LogP contribution in [-0.2, 0) is 9.59 Å². The molecule has 1 aliphatic heterocycles. The second-order valence-electron chi connectivity index (χ2n) is 4.69. The molecule has 0 unspecified atom stereocenters. The molecule has 1 heterocycles. The second-order valence-corrected chi connectivity index (χ2v) is 5.88. The first kappa shape index (κ1) is 17.8. The molecule has 128 valence electrons. The number of carbonyl (C=O) groups is 2. The maximum atomic E-state index is 11.6. The number of hydrogen-bond acceptors (Lipinski definition) is 7. The van der Waals surface area contributed by atoms with Crippen LogP contribution in [0, 0.1) is 0 Å². The number of carboxylic acid groups (broad SMARTS) is 1. The number of thioether (sulfide) groups is 1. The number of carboxylic acids is 1. The Morgan fingerprint density at radius 2 is 2.25 bits per heavy atom. The number of nitrogens with zero attached hydrogens (tertiary/aromatic N) is 2. The zero-order valence-corrected chi connectivity index (χ0v) is 14.0. The SMILES string of the molecule is CCOc1cc(/C=N\N=C2\NC(=O)[C@@H](CC(=O)O)S2)ccc1OC. The number of rotatable bonds is 7. The molecule has 0 aromatic heterocycles. The molecule has 1 fully saturated rings. The molecule has 0 radical (unpaired) electrons. The van der Waals surface area contributed by atoms with Gasteiger partial charge in [0.1, 0.15) is 5.25 Å². The van der Waals surface area contributed by atoms with Gasteiger partial charge in [-0.2, -0.15) is 5.10 Å². The van der Waals surface area contributed by atoms with Crippen molar-refractivity contribution in [3.63, 3.8) is 0 Å². The Bertz CT molecular complexity index is 690. The molecule has 24 heavy (non-hydrogen) atoms. The molecule has 0 aliphatic carbocycles. The van der Waals surface area contributed by atoms with Gasteiger partial charge in [-0.15, -0.1) is 5.10 Å². The Hall–Kier alpha value is -2.55. The van der Waals surface area contributed by atoms with Crippen LogP contribution in [0.3, 0.4) is 0 Å². The van der Waals surface area contributed by atoms with Gasteiger partial charge in [-0.25, -0.2) is 0 Å². The minimum absolute atomic E-state index is 0.255. The van der Waals surface area contributed by atoms with Gasteiger partial charge >= 0.3 is 5.97 Å². The van der Waals surface area contributed by atoms with E-state index in [0.29, 0.717) is 18.1 Å². The van der Waals surface area contributed by atoms with Crippen molar-refractivity contribution in [2.24, 2.45) is 10.2 Å². The van der Waals surface area contributed by atoms with Crippen molar-refractivity contribution in [3.8, 4) is 11.5 Å². The van der Waals surface area contributed by atoms with Crippen molar-refractivity contribution in [3.05, 3.63) is 23.8 Å². The van der Waals surface area contributed by atoms with Crippen LogP contribution in [0.25, 0.3) is 0 Å². The second kappa shape index (κ2) is 8.34. The third-order valence-electron chi connectivity index (χ3n) is 2.98. The van der Waals surface area contributed by atoms with Gasteiger partial charge in [0.05, 0.1) is 26.4 Å². The monoisotopic (exact) mass is 351 g/mol. The van der Waals surface area contributed by atoms with Gasteiger partial charge in [0, 0.05) is 0 Å². The summed E-state index contributed by atoms with van der Waals surface area (Å²) in [4.78, 5) is 22.2. The van der Waals surface area contributed by atoms with Gasteiger partial charge in [-0.3, -0.25) is 9.59 Å². The molecule has 0 saturated carbocycles. The smallest absolute Gasteiger partial charge is 0.305 e. The first-order valence-electron chi connectivity index (χ1n) is 7.14. The van der Waals surface area contributed by atoms with Crippen molar-refractivity contribution in [2.45, 2.75) is 18.6 Å². The third-order valence-corrected chi connectivity index (χ3v) is 4.05. The zero-order chi connectivity index (χ0) is 17.5. The fourth-order valence-electron chi connectivity index (χ4n) is 1.94. The Kier molecular flexibility index (Phi) is 6.19. The average molecular weight is 351 g/mol. The third kappa shape index (κ3) is 4.72. The number of amidine groups is 1. The number of ether oxygens (including phenoxy) is 2. The predicted molar refractivity (Wildman–Crippen MR) is 91.0 cm³/mol. The summed E-state index contributed by atoms with van der Waals surface area (Å²) in [5.41, 5.74) is 0.750. The highest BCUT2D eigenvalue weighted by Gasteiger charge is 2.32. The average Bonchev–Trinajstić information content (AvgIpc) is 2.87. The normalized spacial score (nSPS) is 18.8. The molecule has 1 aliphatic rings. The standard InChI is InChI=1S/C15H17N3O5S/c1-3-23-11-6-9(4-5-10(11)22-2)8-16-18-15-17-14(21)12(24-15)7-13(19)20/h4-6,8,12H,3,7H2,1-2H3,(H,19,20)(H,17,18,21)/b16-8-/t12-/m1/s1. The lowest BCUT2D eigenvalue weighted by atomic mass is 10.2. The molecule has 0 bridgehead atoms. The van der Waals surface area contributed by atoms with Crippen LogP contribution in [-0.4, -0.2) is 47.3 Å². The molecule has 0 spiro atoms. The fraction of sp³-hybridized carbons (Fsp3) is 0.333. The highest BCUT2D eigenvalue weighted by molar-refractivity contribution is 8.15. The molecule has 1 aromatic carbocycles. The van der Waals surface area contributed by atoms with E-state index >= 15 is 0 Å². The maximum absolute atomic E-state index is 11.6. The number of nitrogens with one attached hydrogen (secondary N) is 1. The number of aliphatic carboxylic acids is 1. The molecular weight excluding hydrogens is 334 g/mol. The van der Waals surface area contributed by atoms with Crippen molar-refractivity contribution in [2.75, 3.05) is 13.7 Å². The first-order valence-corrected chi connectivity index (χ1v) is 8.02. The van der Waals surface area contributed by atoms with E-state index in [9.17, 15) is 9.59 Å². The van der Waals surface area contributed by atoms with Crippen LogP contribution in [0.5, 0.6) is 11.5 Å². The number of amides is 1. The molecule has 1 atom stereocenters. The lowest BCUT2D eigenvalue weighted by molar-refractivity contribution is -0.138. The summed E-state index contributed by atoms with van der Waals surface area (Å²) in [7, 11) is 1.56. The molecule has 1 amide bonds. The van der Waals surface area contributed by atoms with E-state index in [-0.39, 0.29) is 17.5 Å². The lowest BCUT2D eigenvalue weighted by Gasteiger charge is -2.09. The van der Waals surface area contributed by atoms with E-state index in [1.165, 1.54) is 6.21 Å². The van der Waals surface area contributed by atoms with Crippen LogP contribution in [0.15, 0.2) is 28.4 Å². The van der Waals surface area contributed by atoms with Crippen LogP contribution in [0.2, 0.25) is 0 Å². The Morgan fingerprint density at radius 1 is 1.46 bits per heavy atom. The quantitative estimate of drug-likeness (QED) is 0.569. The van der Waals surface area contributed by atoms with Crippen LogP contribution in [0.4, 0.5) is 0 Å². The number of hydrogen-bond donors (Lipinski definition) is 2. The molecule has 1 saturated heterocycles. The summed E-state index contributed by atoms with van der Waals surface area (Å²) in [6.45, 7) is 2.38. The van der Waals surface area contributed by atoms with Crippen LogP contribution < -0.4 is 14.8 Å². The van der Waals surface area contributed by atoms with Gasteiger partial charge in [0.2, 0.25) is 5.91 Å². The van der Waals surface area contributed by atoms with E-state index in [4.69, 9.17) is 14.6 Å². The summed E-state index contributed by atoms with van der Waals surface area (Å²) >= 11 is 1.05. The highest BCUT2D eigenvalue weighted by Crippen LogP contribution is 2.27. The molecule has 1 aromatic rings. The van der Waals surface area contributed by atoms with Crippen molar-refractivity contribution >= 4 is 35.0 Å². The molecule has 2 N–H and O–H groups in total. The number of carbonyl (C=O) groups excluding carboxylic acids is 1. The van der Waals surface area contributed by atoms with Gasteiger partial charge < -0.3 is 19.9 Å². The predicted octanol–water partition coefficient (Wildman–Crippen LogP) is 1.49. The Morgan fingerprint density at radius 3 is 2.92 bits per heavy atom. The summed E-state index contributed by atoms with van der Waals surface area (Å²) in [5, 5.41) is 18.6. The van der Waals surface area contributed by atoms with E-state index in [1.54, 1.807) is 25.3 Å². The zero-order valence-electron chi connectivity index (χ0n) is 13.2. The molecule has 9 heteroatoms. The Labute approximate surface area is 142 Å². The van der Waals surface area contributed by atoms with Gasteiger partial charge in [-0.05, 0) is 30.7 Å². The van der Waals surface area contributed by atoms with Crippen LogP contribution >= 0.6 is 11.8 Å². The topological polar surface area (TPSA) is 110 Å². The fourth-order valence-corrected chi connectivity index (χ4v) is 2.85. The van der Waals surface area contributed by atoms with E-state index < -0.39 is 11.2 Å². The lowest BCUT2D eigenvalue weighted by Crippen LogP contribution is -2.26. The van der Waals surface area contributed by atoms with Crippen molar-refractivity contribution < 1.29 is 24.2 Å². The summed E-state index contributed by atoms with van der Waals surface area (Å²) in [5.74, 6) is -0.189. The Balaban J connectivity index is 2.05. The molecule has 2 rings (SSSR count). The van der Waals surface area contributed by atoms with E-state index in [1.807, 2.05) is 6.92 Å². The first-order chi connectivity index (χ1) is 11.5.